The molecule has 4 nitrogen and oxygen atoms in total. The number of ether oxygens (including phenoxy) is 1. The standard InChI is InChI=1S/C25H25NO3/c1-25(2,3)20-11-8-16(9-12-20)23(27)19-7-5-6-17(14-19)18-10-13-21(24(26)28)22(15-18)29-4/h5-15H,1-4H3,(H2,26,28). The second-order valence-corrected chi connectivity index (χ2v) is 8.02. The summed E-state index contributed by atoms with van der Waals surface area (Å²) in [5.74, 6) is -0.173. The van der Waals surface area contributed by atoms with E-state index in [-0.39, 0.29) is 11.2 Å². The molecule has 0 spiro atoms. The second kappa shape index (κ2) is 7.92. The summed E-state index contributed by atoms with van der Waals surface area (Å²) in [6.45, 7) is 6.43. The van der Waals surface area contributed by atoms with Crippen molar-refractivity contribution in [3.63, 3.8) is 0 Å². The largest absolute Gasteiger partial charge is 0.496 e. The summed E-state index contributed by atoms with van der Waals surface area (Å²) in [6.07, 6.45) is 0. The molecule has 0 aromatic heterocycles. The minimum absolute atomic E-state index is 0.0342. The predicted molar refractivity (Wildman–Crippen MR) is 116 cm³/mol. The van der Waals surface area contributed by atoms with Gasteiger partial charge in [-0.25, -0.2) is 0 Å². The van der Waals surface area contributed by atoms with Crippen LogP contribution in [0.4, 0.5) is 0 Å². The first-order chi connectivity index (χ1) is 13.7. The van der Waals surface area contributed by atoms with Crippen molar-refractivity contribution in [3.05, 3.63) is 89.0 Å². The monoisotopic (exact) mass is 387 g/mol. The quantitative estimate of drug-likeness (QED) is 0.627. The number of hydrogen-bond acceptors (Lipinski definition) is 3. The lowest BCUT2D eigenvalue weighted by atomic mass is 9.86. The van der Waals surface area contributed by atoms with E-state index in [1.807, 2.05) is 42.5 Å². The number of carbonyl (C=O) groups excluding carboxylic acids is 2. The van der Waals surface area contributed by atoms with Crippen LogP contribution in [0.15, 0.2) is 66.7 Å². The van der Waals surface area contributed by atoms with Crippen LogP contribution in [0.1, 0.15) is 52.6 Å². The van der Waals surface area contributed by atoms with E-state index in [0.717, 1.165) is 11.1 Å². The van der Waals surface area contributed by atoms with Crippen molar-refractivity contribution in [2.75, 3.05) is 7.11 Å². The van der Waals surface area contributed by atoms with Crippen LogP contribution in [0.25, 0.3) is 11.1 Å². The van der Waals surface area contributed by atoms with Crippen molar-refractivity contribution in [2.24, 2.45) is 5.73 Å². The first kappa shape index (κ1) is 20.3. The number of ketones is 1. The van der Waals surface area contributed by atoms with Gasteiger partial charge in [-0.05, 0) is 40.3 Å². The van der Waals surface area contributed by atoms with E-state index in [4.69, 9.17) is 10.5 Å². The van der Waals surface area contributed by atoms with Gasteiger partial charge in [-0.2, -0.15) is 0 Å². The summed E-state index contributed by atoms with van der Waals surface area (Å²) in [5.41, 5.74) is 9.87. The van der Waals surface area contributed by atoms with Crippen LogP contribution >= 0.6 is 0 Å². The molecule has 0 aliphatic heterocycles. The number of nitrogens with two attached hydrogens (primary N) is 1. The Balaban J connectivity index is 1.93. The van der Waals surface area contributed by atoms with Gasteiger partial charge in [-0.3, -0.25) is 9.59 Å². The molecule has 0 atom stereocenters. The molecule has 0 bridgehead atoms. The van der Waals surface area contributed by atoms with E-state index in [2.05, 4.69) is 20.8 Å². The van der Waals surface area contributed by atoms with Crippen LogP contribution < -0.4 is 10.5 Å². The van der Waals surface area contributed by atoms with Gasteiger partial charge in [0.05, 0.1) is 12.7 Å². The lowest BCUT2D eigenvalue weighted by molar-refractivity contribution is 0.0995. The molecule has 29 heavy (non-hydrogen) atoms. The van der Waals surface area contributed by atoms with Crippen molar-refractivity contribution >= 4 is 11.7 Å². The number of benzene rings is 3. The van der Waals surface area contributed by atoms with Crippen molar-refractivity contribution in [1.82, 2.24) is 0 Å². The number of carbonyl (C=O) groups is 2. The van der Waals surface area contributed by atoms with Crippen LogP contribution in [0.3, 0.4) is 0 Å². The highest BCUT2D eigenvalue weighted by atomic mass is 16.5. The average molecular weight is 387 g/mol. The van der Waals surface area contributed by atoms with E-state index in [1.54, 1.807) is 24.3 Å². The molecule has 3 rings (SSSR count). The highest BCUT2D eigenvalue weighted by Gasteiger charge is 2.16. The van der Waals surface area contributed by atoms with Crippen molar-refractivity contribution in [2.45, 2.75) is 26.2 Å². The maximum atomic E-state index is 13.0. The fourth-order valence-corrected chi connectivity index (χ4v) is 3.20. The summed E-state index contributed by atoms with van der Waals surface area (Å²) in [6, 6.07) is 20.4. The Kier molecular flexibility index (Phi) is 5.55. The molecule has 0 saturated carbocycles. The zero-order valence-electron chi connectivity index (χ0n) is 17.2. The van der Waals surface area contributed by atoms with Crippen LogP contribution in [0, 0.1) is 0 Å². The number of methoxy groups -OCH3 is 1. The number of amides is 1. The summed E-state index contributed by atoms with van der Waals surface area (Å²) < 4.78 is 5.29. The zero-order chi connectivity index (χ0) is 21.2. The molecular weight excluding hydrogens is 362 g/mol. The maximum absolute atomic E-state index is 13.0. The fraction of sp³-hybridized carbons (Fsp3) is 0.200. The summed E-state index contributed by atoms with van der Waals surface area (Å²) in [4.78, 5) is 24.5. The molecule has 0 saturated heterocycles. The van der Waals surface area contributed by atoms with Gasteiger partial charge >= 0.3 is 0 Å². The third-order valence-corrected chi connectivity index (χ3v) is 4.94. The normalized spacial score (nSPS) is 11.2. The number of primary amides is 1. The Hall–Kier alpha value is -3.40. The lowest BCUT2D eigenvalue weighted by Crippen LogP contribution is -2.12. The van der Waals surface area contributed by atoms with Gasteiger partial charge in [0.15, 0.2) is 5.78 Å². The van der Waals surface area contributed by atoms with E-state index in [1.165, 1.54) is 12.7 Å². The van der Waals surface area contributed by atoms with Gasteiger partial charge in [0.2, 0.25) is 0 Å². The van der Waals surface area contributed by atoms with E-state index in [0.29, 0.717) is 22.4 Å². The van der Waals surface area contributed by atoms with Gasteiger partial charge in [-0.1, -0.05) is 69.3 Å². The third-order valence-electron chi connectivity index (χ3n) is 4.94. The van der Waals surface area contributed by atoms with Gasteiger partial charge in [0.25, 0.3) is 5.91 Å². The van der Waals surface area contributed by atoms with Gasteiger partial charge < -0.3 is 10.5 Å². The Morgan fingerprint density at radius 1 is 0.828 bits per heavy atom. The van der Waals surface area contributed by atoms with Gasteiger partial charge in [0.1, 0.15) is 5.75 Å². The molecule has 0 fully saturated rings. The van der Waals surface area contributed by atoms with Crippen LogP contribution in [-0.4, -0.2) is 18.8 Å². The zero-order valence-corrected chi connectivity index (χ0v) is 17.2. The molecule has 2 N–H and O–H groups in total. The minimum atomic E-state index is -0.545. The van der Waals surface area contributed by atoms with E-state index < -0.39 is 5.91 Å². The Labute approximate surface area is 171 Å². The third kappa shape index (κ3) is 4.37. The van der Waals surface area contributed by atoms with Crippen molar-refractivity contribution in [1.29, 1.82) is 0 Å². The Bertz CT molecular complexity index is 1060. The maximum Gasteiger partial charge on any atom is 0.252 e. The molecule has 3 aromatic carbocycles. The average Bonchev–Trinajstić information content (AvgIpc) is 2.72. The molecule has 3 aromatic rings. The molecule has 148 valence electrons. The van der Waals surface area contributed by atoms with E-state index in [9.17, 15) is 9.59 Å². The highest BCUT2D eigenvalue weighted by molar-refractivity contribution is 6.09. The molecular formula is C25H25NO3. The Morgan fingerprint density at radius 3 is 2.07 bits per heavy atom. The lowest BCUT2D eigenvalue weighted by Gasteiger charge is -2.19. The van der Waals surface area contributed by atoms with Crippen LogP contribution in [0.5, 0.6) is 5.75 Å². The first-order valence-corrected chi connectivity index (χ1v) is 9.44. The number of hydrogen-bond donors (Lipinski definition) is 1. The molecule has 0 aliphatic carbocycles. The van der Waals surface area contributed by atoms with Crippen molar-refractivity contribution in [3.8, 4) is 16.9 Å². The van der Waals surface area contributed by atoms with Gasteiger partial charge in [-0.15, -0.1) is 0 Å². The summed E-state index contributed by atoms with van der Waals surface area (Å²) in [7, 11) is 1.49. The van der Waals surface area contributed by atoms with Crippen LogP contribution in [-0.2, 0) is 5.41 Å². The second-order valence-electron chi connectivity index (χ2n) is 8.02. The smallest absolute Gasteiger partial charge is 0.252 e. The molecule has 0 aliphatic rings. The topological polar surface area (TPSA) is 69.4 Å². The molecule has 4 heteroatoms. The summed E-state index contributed by atoms with van der Waals surface area (Å²) >= 11 is 0. The first-order valence-electron chi connectivity index (χ1n) is 9.44. The molecule has 0 heterocycles. The van der Waals surface area contributed by atoms with Crippen LogP contribution in [0.2, 0.25) is 0 Å². The highest BCUT2D eigenvalue weighted by Crippen LogP contribution is 2.28. The minimum Gasteiger partial charge on any atom is -0.496 e. The number of rotatable bonds is 5. The van der Waals surface area contributed by atoms with Gasteiger partial charge in [0, 0.05) is 11.1 Å². The summed E-state index contributed by atoms with van der Waals surface area (Å²) in [5, 5.41) is 0. The molecule has 0 unspecified atom stereocenters. The van der Waals surface area contributed by atoms with E-state index >= 15 is 0 Å². The Morgan fingerprint density at radius 2 is 1.48 bits per heavy atom. The molecule has 0 radical (unpaired) electrons. The van der Waals surface area contributed by atoms with Crippen molar-refractivity contribution < 1.29 is 14.3 Å². The predicted octanol–water partition coefficient (Wildman–Crippen LogP) is 4.99. The SMILES string of the molecule is COc1cc(-c2cccc(C(=O)c3ccc(C(C)(C)C)cc3)c2)ccc1C(N)=O. The molecule has 1 amide bonds. The fourth-order valence-electron chi connectivity index (χ4n) is 3.20.